The molecule has 0 saturated heterocycles. The summed E-state index contributed by atoms with van der Waals surface area (Å²) in [4.78, 5) is 46.6. The fourth-order valence-electron chi connectivity index (χ4n) is 5.01. The van der Waals surface area contributed by atoms with Crippen LogP contribution < -0.4 is 26.1 Å². The molecule has 2 heterocycles. The number of carbonyl (C=O) groups excluding carboxylic acids is 2. The Morgan fingerprint density at radius 2 is 1.60 bits per heavy atom. The number of unbranched alkanes of at least 4 members (excludes halogenated alkanes) is 2. The first kappa shape index (κ1) is 38.3. The molecular weight excluding hydrogens is 701 g/mol. The van der Waals surface area contributed by atoms with Gasteiger partial charge in [0.1, 0.15) is 0 Å². The summed E-state index contributed by atoms with van der Waals surface area (Å²) in [6.07, 6.45) is 3.00. The third-order valence-electron chi connectivity index (χ3n) is 7.64. The number of carbonyl (C=O) groups is 3. The van der Waals surface area contributed by atoms with Crippen molar-refractivity contribution in [2.45, 2.75) is 36.7 Å². The van der Waals surface area contributed by atoms with Crippen molar-refractivity contribution in [3.05, 3.63) is 127 Å². The molecule has 1 atom stereocenters. The van der Waals surface area contributed by atoms with Gasteiger partial charge in [-0.2, -0.15) is 9.76 Å². The smallest absolute Gasteiger partial charge is 0.347 e. The third kappa shape index (κ3) is 12.1. The average molecular weight is 737 g/mol. The Hall–Kier alpha value is -5.97. The summed E-state index contributed by atoms with van der Waals surface area (Å²) in [5.41, 5.74) is 6.00. The molecule has 5 rings (SSSR count). The number of hydrogen-bond donors (Lipinski definition) is 4. The first-order chi connectivity index (χ1) is 25.9. The Morgan fingerprint density at radius 3 is 2.32 bits per heavy atom. The molecule has 3 aromatic carbocycles. The summed E-state index contributed by atoms with van der Waals surface area (Å²) < 4.78 is 10.4. The predicted molar refractivity (Wildman–Crippen MR) is 194 cm³/mol. The average Bonchev–Trinajstić information content (AvgIpc) is 3.19. The van der Waals surface area contributed by atoms with Crippen LogP contribution in [-0.2, 0) is 19.0 Å². The summed E-state index contributed by atoms with van der Waals surface area (Å²) in [5.74, 6) is -1.75. The maximum atomic E-state index is 12.8. The quantitative estimate of drug-likeness (QED) is 0.0180. The second kappa shape index (κ2) is 20.2. The predicted octanol–water partition coefficient (Wildman–Crippen LogP) is 4.17. The van der Waals surface area contributed by atoms with Crippen LogP contribution in [0.15, 0.2) is 125 Å². The largest absolute Gasteiger partial charge is 0.691 e. The van der Waals surface area contributed by atoms with Crippen LogP contribution in [0, 0.1) is 0 Å². The van der Waals surface area contributed by atoms with Gasteiger partial charge >= 0.3 is 5.97 Å². The molecule has 0 fully saturated rings. The lowest BCUT2D eigenvalue weighted by Crippen LogP contribution is -2.71. The molecular formula is C38H36N6O8S. The van der Waals surface area contributed by atoms with E-state index in [1.54, 1.807) is 24.3 Å². The number of nitrogens with one attached hydrogen (secondary N) is 2. The molecule has 0 aliphatic heterocycles. The Labute approximate surface area is 309 Å². The molecule has 5 N–H and O–H groups in total. The zero-order chi connectivity index (χ0) is 37.3. The molecule has 0 aliphatic rings. The zero-order valence-electron chi connectivity index (χ0n) is 28.3. The number of hydrogen-bond acceptors (Lipinski definition) is 11. The molecule has 0 radical (unpaired) electrons. The number of pyridine rings is 2. The van der Waals surface area contributed by atoms with Crippen molar-refractivity contribution in [1.29, 1.82) is 0 Å². The van der Waals surface area contributed by atoms with Crippen LogP contribution in [-0.4, -0.2) is 51.8 Å². The van der Waals surface area contributed by atoms with Gasteiger partial charge in [0.15, 0.2) is 0 Å². The van der Waals surface area contributed by atoms with E-state index in [9.17, 15) is 24.7 Å². The van der Waals surface area contributed by atoms with E-state index in [1.807, 2.05) is 72.8 Å². The van der Waals surface area contributed by atoms with Crippen LogP contribution in [0.2, 0.25) is 0 Å². The Morgan fingerprint density at radius 1 is 0.868 bits per heavy atom. The molecule has 15 heteroatoms. The van der Waals surface area contributed by atoms with Gasteiger partial charge in [0.2, 0.25) is 18.0 Å². The van der Waals surface area contributed by atoms with Gasteiger partial charge in [0.05, 0.1) is 36.1 Å². The van der Waals surface area contributed by atoms with Crippen molar-refractivity contribution in [3.63, 3.8) is 0 Å². The van der Waals surface area contributed by atoms with E-state index >= 15 is 0 Å². The van der Waals surface area contributed by atoms with Crippen molar-refractivity contribution in [3.8, 4) is 28.3 Å². The summed E-state index contributed by atoms with van der Waals surface area (Å²) in [6, 6.07) is 33.8. The zero-order valence-corrected chi connectivity index (χ0v) is 29.1. The van der Waals surface area contributed by atoms with Crippen molar-refractivity contribution in [2.75, 3.05) is 6.61 Å². The molecule has 0 aliphatic carbocycles. The van der Waals surface area contributed by atoms with Crippen LogP contribution in [0.25, 0.3) is 22.4 Å². The highest BCUT2D eigenvalue weighted by Crippen LogP contribution is 2.29. The molecule has 1 unspecified atom stereocenters. The number of aliphatic carboxylic acids is 1. The van der Waals surface area contributed by atoms with Gasteiger partial charge in [-0.15, -0.1) is 0 Å². The van der Waals surface area contributed by atoms with Crippen molar-refractivity contribution >= 4 is 41.9 Å². The standard InChI is InChI=1S/C38H36N6O8S/c45-34(18-8-3-11-21-50-35-23-30(26-12-4-1-5-13-26)22-31(41-35)27-14-6-2-7-15-27)42-36(38(47)48)43-37(46)29-19-20-33(39-24-29)44-40-25-28-16-9-10-17-32(28)53-52-51-49/h1-2,4-7,9-10,12-17,19-20,22-25,36,49H,3,8,11,18,21H2,(H,39,44)(H,42,45)(H,43,46)(H,47,48)/b40-25+. The van der Waals surface area contributed by atoms with Gasteiger partial charge in [-0.1, -0.05) is 84.0 Å². The highest BCUT2D eigenvalue weighted by atomic mass is 32.2. The molecule has 53 heavy (non-hydrogen) atoms. The molecule has 272 valence electrons. The SMILES string of the molecule is O=C(CCCCCOc1cc(-c2ccccc2)cc(-c2ccccc2)n1)NC(NC(=O)c1ccc([NH2+]/N=C/c2ccccc2SOO[O-])nc1)C(=O)O. The van der Waals surface area contributed by atoms with E-state index in [0.717, 1.165) is 34.4 Å². The molecule has 0 saturated carbocycles. The Kier molecular flexibility index (Phi) is 14.6. The number of amides is 2. The lowest BCUT2D eigenvalue weighted by Gasteiger charge is -2.16. The number of nitrogens with two attached hydrogens (primary N) is 1. The van der Waals surface area contributed by atoms with Crippen LogP contribution in [0.1, 0.15) is 41.6 Å². The van der Waals surface area contributed by atoms with Crippen LogP contribution >= 0.6 is 12.0 Å². The second-order valence-electron chi connectivity index (χ2n) is 11.4. The highest BCUT2D eigenvalue weighted by Gasteiger charge is 2.23. The minimum Gasteiger partial charge on any atom is -0.691 e. The van der Waals surface area contributed by atoms with E-state index < -0.39 is 23.9 Å². The number of rotatable bonds is 19. The normalized spacial score (nSPS) is 11.6. The van der Waals surface area contributed by atoms with Crippen molar-refractivity contribution in [1.82, 2.24) is 20.6 Å². The van der Waals surface area contributed by atoms with Crippen LogP contribution in [0.5, 0.6) is 5.88 Å². The lowest BCUT2D eigenvalue weighted by molar-refractivity contribution is -0.777. The van der Waals surface area contributed by atoms with E-state index in [1.165, 1.54) is 30.0 Å². The number of aromatic nitrogens is 2. The van der Waals surface area contributed by atoms with E-state index in [4.69, 9.17) is 9.72 Å². The van der Waals surface area contributed by atoms with Crippen molar-refractivity contribution < 1.29 is 44.3 Å². The number of carboxylic acids is 1. The first-order valence-electron chi connectivity index (χ1n) is 16.5. The maximum Gasteiger partial charge on any atom is 0.347 e. The molecule has 5 aromatic rings. The molecule has 2 aromatic heterocycles. The van der Waals surface area contributed by atoms with Crippen molar-refractivity contribution in [2.24, 2.45) is 5.10 Å². The summed E-state index contributed by atoms with van der Waals surface area (Å²) in [7, 11) is 0. The Bertz CT molecular complexity index is 1930. The fraction of sp³-hybridized carbons (Fsp3) is 0.158. The summed E-state index contributed by atoms with van der Waals surface area (Å²) >= 11 is 0.739. The lowest BCUT2D eigenvalue weighted by atomic mass is 10.0. The van der Waals surface area contributed by atoms with Gasteiger partial charge in [-0.05, 0) is 48.6 Å². The van der Waals surface area contributed by atoms with E-state index in [-0.39, 0.29) is 12.0 Å². The number of nitrogens with zero attached hydrogens (tertiary/aromatic N) is 3. The topological polar surface area (TPSA) is 201 Å². The highest BCUT2D eigenvalue weighted by molar-refractivity contribution is 7.94. The molecule has 2 amide bonds. The van der Waals surface area contributed by atoms with Crippen LogP contribution in [0.4, 0.5) is 5.82 Å². The second-order valence-corrected chi connectivity index (χ2v) is 12.2. The Balaban J connectivity index is 1.05. The number of quaternary nitrogens is 1. The van der Waals surface area contributed by atoms with Gasteiger partial charge in [0, 0.05) is 40.8 Å². The number of ether oxygens (including phenoxy) is 1. The van der Waals surface area contributed by atoms with Gasteiger partial charge in [-0.25, -0.2) is 14.8 Å². The monoisotopic (exact) mass is 736 g/mol. The van der Waals surface area contributed by atoms with E-state index in [2.05, 4.69) is 30.1 Å². The summed E-state index contributed by atoms with van der Waals surface area (Å²) in [5, 5.41) is 32.0. The molecule has 0 bridgehead atoms. The van der Waals surface area contributed by atoms with Gasteiger partial charge < -0.3 is 25.7 Å². The maximum absolute atomic E-state index is 12.8. The number of carboxylic acid groups (broad SMARTS) is 1. The minimum atomic E-state index is -1.63. The van der Waals surface area contributed by atoms with E-state index in [0.29, 0.717) is 48.0 Å². The van der Waals surface area contributed by atoms with Crippen LogP contribution in [0.3, 0.4) is 0 Å². The first-order valence-corrected chi connectivity index (χ1v) is 17.3. The third-order valence-corrected chi connectivity index (χ3v) is 8.32. The molecule has 14 nitrogen and oxygen atoms in total. The van der Waals surface area contributed by atoms with Gasteiger partial charge in [0.25, 0.3) is 11.7 Å². The minimum absolute atomic E-state index is 0.0642. The molecule has 0 spiro atoms. The number of benzene rings is 3. The fourth-order valence-corrected chi connectivity index (χ4v) is 5.46. The van der Waals surface area contributed by atoms with Gasteiger partial charge in [-0.3, -0.25) is 14.6 Å². The summed E-state index contributed by atoms with van der Waals surface area (Å²) in [6.45, 7) is 0.383.